The van der Waals surface area contributed by atoms with Crippen LogP contribution in [0.5, 0.6) is 0 Å². The van der Waals surface area contributed by atoms with E-state index >= 15 is 0 Å². The van der Waals surface area contributed by atoms with Gasteiger partial charge in [-0.15, -0.1) is 0 Å². The van der Waals surface area contributed by atoms with Crippen LogP contribution < -0.4 is 0 Å². The standard InChI is InChI=1S/Ca.Cr.O.H3Si.Sn.6H/h;;;1H3;;;;;;;. The molecule has 0 spiro atoms. The third kappa shape index (κ3) is 20.6. The Hall–Kier alpha value is 2.61. The van der Waals surface area contributed by atoms with Crippen LogP contribution in [0.2, 0.25) is 0 Å². The van der Waals surface area contributed by atoms with Crippen LogP contribution >= 0.6 is 0 Å². The van der Waals surface area contributed by atoms with Crippen LogP contribution in [-0.2, 0) is 18.3 Å². The first-order valence-electron chi connectivity index (χ1n) is 0.575. The first kappa shape index (κ1) is 15.6. The molecule has 0 N–H and O–H groups in total. The second-order valence-corrected chi connectivity index (χ2v) is 2.06. The number of hydrogen-bond donors (Lipinski definition) is 0. The second kappa shape index (κ2) is 16.0. The van der Waals surface area contributed by atoms with E-state index in [2.05, 4.69) is 0 Å². The van der Waals surface area contributed by atoms with Gasteiger partial charge in [-0.2, -0.15) is 0 Å². The minimum atomic E-state index is -0.236. The molecule has 31 valence electrons. The Morgan fingerprint density at radius 3 is 1.60 bits per heavy atom. The maximum atomic E-state index is 9.05. The molecule has 0 amide bonds. The van der Waals surface area contributed by atoms with Gasteiger partial charge in [0.05, 0.1) is 0 Å². The summed E-state index contributed by atoms with van der Waals surface area (Å²) in [5.74, 6) is 0. The van der Waals surface area contributed by atoms with Crippen LogP contribution in [0.4, 0.5) is 0 Å². The molecule has 0 saturated carbocycles. The molecule has 5 heteroatoms. The molecule has 0 radical (unpaired) electrons. The molecule has 0 aliphatic carbocycles. The normalized spacial score (nSPS) is 3.20. The van der Waals surface area contributed by atoms with Gasteiger partial charge in [-0.1, -0.05) is 0 Å². The Kier molecular flexibility index (Phi) is 50.0. The van der Waals surface area contributed by atoms with Crippen LogP contribution in [0.1, 0.15) is 0 Å². The van der Waals surface area contributed by atoms with Gasteiger partial charge < -0.3 is 0 Å². The van der Waals surface area contributed by atoms with Gasteiger partial charge in [0, 0.05) is 0 Å². The molecule has 0 heterocycles. The van der Waals surface area contributed by atoms with Gasteiger partial charge in [0.15, 0.2) is 0 Å². The van der Waals surface area contributed by atoms with E-state index in [4.69, 9.17) is 3.80 Å². The molecule has 0 unspecified atom stereocenters. The Morgan fingerprint density at radius 2 is 1.60 bits per heavy atom. The van der Waals surface area contributed by atoms with Crippen molar-refractivity contribution in [3.8, 4) is 0 Å². The van der Waals surface area contributed by atoms with Crippen molar-refractivity contribution in [2.45, 2.75) is 0 Å². The van der Waals surface area contributed by atoms with E-state index in [1.807, 2.05) is 0 Å². The van der Waals surface area contributed by atoms with Crippen molar-refractivity contribution in [1.82, 2.24) is 0 Å². The number of hydrogen-bond acceptors (Lipinski definition) is 1. The molecule has 1 nitrogen and oxygen atoms in total. The summed E-state index contributed by atoms with van der Waals surface area (Å²) in [6.07, 6.45) is 0. The summed E-state index contributed by atoms with van der Waals surface area (Å²) >= 11 is -0.236. The average Bonchev–Trinajstić information content (AvgIpc) is 0.918. The zero-order chi connectivity index (χ0) is 2.71. The molecule has 0 aromatic carbocycles. The van der Waals surface area contributed by atoms with E-state index in [0.717, 1.165) is 8.80 Å². The van der Waals surface area contributed by atoms with Crippen LogP contribution in [0, 0.1) is 0 Å². The Morgan fingerprint density at radius 1 is 1.60 bits per heavy atom. The molecule has 5 heavy (non-hydrogen) atoms. The number of rotatable bonds is 0. The fourth-order valence-electron chi connectivity index (χ4n) is 0. The van der Waals surface area contributed by atoms with Crippen LogP contribution in [0.25, 0.3) is 0 Å². The molecule has 0 aliphatic rings. The molecule has 0 bridgehead atoms. The average molecular weight is 264 g/mol. The van der Waals surface area contributed by atoms with Gasteiger partial charge in [-0.25, -0.2) is 0 Å². The molecule has 0 saturated heterocycles. The topological polar surface area (TPSA) is 17.1 Å². The van der Waals surface area contributed by atoms with E-state index in [1.165, 1.54) is 0 Å². The third-order valence-electron chi connectivity index (χ3n) is 0. The third-order valence-corrected chi connectivity index (χ3v) is 0. The summed E-state index contributed by atoms with van der Waals surface area (Å²) in [7, 11) is 0.876. The molecule has 0 fully saturated rings. The Bertz CT molecular complexity index is 19.1. The van der Waals surface area contributed by atoms with Crippen LogP contribution in [0.3, 0.4) is 0 Å². The van der Waals surface area contributed by atoms with Crippen molar-refractivity contribution in [3.63, 3.8) is 0 Å². The van der Waals surface area contributed by atoms with Crippen molar-refractivity contribution in [3.05, 3.63) is 0 Å². The molecule has 0 aromatic rings. The molecular formula is H9CaCrOSiSn. The predicted octanol–water partition coefficient (Wildman–Crippen LogP) is -3.67. The van der Waals surface area contributed by atoms with E-state index in [0.29, 0.717) is 0 Å². The van der Waals surface area contributed by atoms with Crippen molar-refractivity contribution in [2.24, 2.45) is 0 Å². The Labute approximate surface area is 87.0 Å². The fourth-order valence-corrected chi connectivity index (χ4v) is 0. The van der Waals surface area contributed by atoms with E-state index < -0.39 is 0 Å². The van der Waals surface area contributed by atoms with E-state index in [9.17, 15) is 0 Å². The van der Waals surface area contributed by atoms with Crippen LogP contribution in [0.15, 0.2) is 0 Å². The summed E-state index contributed by atoms with van der Waals surface area (Å²) in [5.41, 5.74) is 0. The zero-order valence-corrected chi connectivity index (χ0v) is 5.09. The van der Waals surface area contributed by atoms with Gasteiger partial charge >= 0.3 is 88.8 Å². The van der Waals surface area contributed by atoms with Crippen molar-refractivity contribution in [1.29, 1.82) is 0 Å². The van der Waals surface area contributed by atoms with Crippen molar-refractivity contribution in [2.75, 3.05) is 0 Å². The molecular weight excluding hydrogens is 255 g/mol. The Balaban J connectivity index is -0.0000000200. The first-order chi connectivity index (χ1) is 1.41. The molecule has 0 atom stereocenters. The quantitative estimate of drug-likeness (QED) is 0.412. The first-order valence-corrected chi connectivity index (χ1v) is 5.74. The summed E-state index contributed by atoms with van der Waals surface area (Å²) in [6.45, 7) is 0. The van der Waals surface area contributed by atoms with Crippen molar-refractivity contribution >= 4 is 70.4 Å². The summed E-state index contributed by atoms with van der Waals surface area (Å²) in [6, 6.07) is 0. The molecule has 0 rings (SSSR count). The summed E-state index contributed by atoms with van der Waals surface area (Å²) < 4.78 is 9.05. The predicted molar refractivity (Wildman–Crippen MR) is 30.5 cm³/mol. The van der Waals surface area contributed by atoms with Gasteiger partial charge in [-0.05, 0) is 0 Å². The van der Waals surface area contributed by atoms with Gasteiger partial charge in [0.1, 0.15) is 0 Å². The van der Waals surface area contributed by atoms with Gasteiger partial charge in [-0.3, -0.25) is 0 Å². The zero-order valence-electron chi connectivity index (χ0n) is 1.82. The monoisotopic (exact) mass is 265 g/mol. The van der Waals surface area contributed by atoms with Crippen LogP contribution in [-0.4, -0.2) is 70.4 Å². The van der Waals surface area contributed by atoms with Gasteiger partial charge in [0.25, 0.3) is 0 Å². The summed E-state index contributed by atoms with van der Waals surface area (Å²) in [4.78, 5) is 0. The SMILES string of the molecule is [CaH2].[O]=[Cr][SiH3].[SnH4]. The van der Waals surface area contributed by atoms with E-state index in [-0.39, 0.29) is 76.2 Å². The second-order valence-electron chi connectivity index (χ2n) is 0.167. The minimum absolute atomic E-state index is 0. The molecule has 0 aliphatic heterocycles. The van der Waals surface area contributed by atoms with E-state index in [1.54, 1.807) is 0 Å². The summed E-state index contributed by atoms with van der Waals surface area (Å²) in [5, 5.41) is 0. The fraction of sp³-hybridized carbons (Fsp3) is 0. The maximum absolute atomic E-state index is 9.05. The molecule has 0 aromatic heterocycles. The van der Waals surface area contributed by atoms with Crippen molar-refractivity contribution < 1.29 is 18.3 Å². The van der Waals surface area contributed by atoms with Gasteiger partial charge in [0.2, 0.25) is 0 Å².